The summed E-state index contributed by atoms with van der Waals surface area (Å²) in [7, 11) is 1.75. The Morgan fingerprint density at radius 2 is 1.61 bits per heavy atom. The Labute approximate surface area is 137 Å². The minimum atomic E-state index is -0.0714. The van der Waals surface area contributed by atoms with Gasteiger partial charge in [-0.15, -0.1) is 0 Å². The van der Waals surface area contributed by atoms with Gasteiger partial charge >= 0.3 is 0 Å². The highest BCUT2D eigenvalue weighted by Gasteiger charge is 2.09. The van der Waals surface area contributed by atoms with Crippen LogP contribution < -0.4 is 9.47 Å². The van der Waals surface area contributed by atoms with Crippen LogP contribution in [0.25, 0.3) is 0 Å². The highest BCUT2D eigenvalue weighted by atomic mass is 16.5. The van der Waals surface area contributed by atoms with Gasteiger partial charge in [-0.1, -0.05) is 24.3 Å². The molecule has 1 amide bonds. The van der Waals surface area contributed by atoms with Crippen molar-refractivity contribution in [2.24, 2.45) is 0 Å². The number of para-hydroxylation sites is 1. The van der Waals surface area contributed by atoms with Gasteiger partial charge < -0.3 is 14.4 Å². The quantitative estimate of drug-likeness (QED) is 0.788. The Morgan fingerprint density at radius 3 is 2.26 bits per heavy atom. The average Bonchev–Trinajstić information content (AvgIpc) is 2.52. The lowest BCUT2D eigenvalue weighted by Crippen LogP contribution is -2.34. The first kappa shape index (κ1) is 16.9. The standard InChI is InChI=1S/C19H23NO3/c1-15-11-16(2)13-18(12-15)22-10-9-20(3)19(21)14-23-17-7-5-4-6-8-17/h4-8,11-13H,9-10,14H2,1-3H3. The minimum Gasteiger partial charge on any atom is -0.492 e. The zero-order valence-corrected chi connectivity index (χ0v) is 13.9. The lowest BCUT2D eigenvalue weighted by atomic mass is 10.1. The molecule has 0 unspecified atom stereocenters. The monoisotopic (exact) mass is 313 g/mol. The van der Waals surface area contributed by atoms with Gasteiger partial charge in [0.05, 0.1) is 6.54 Å². The van der Waals surface area contributed by atoms with Crippen molar-refractivity contribution in [2.45, 2.75) is 13.8 Å². The maximum Gasteiger partial charge on any atom is 0.260 e. The molecule has 0 atom stereocenters. The van der Waals surface area contributed by atoms with E-state index >= 15 is 0 Å². The van der Waals surface area contributed by atoms with E-state index in [4.69, 9.17) is 9.47 Å². The molecule has 4 heteroatoms. The number of rotatable bonds is 7. The van der Waals surface area contributed by atoms with E-state index in [0.29, 0.717) is 18.9 Å². The van der Waals surface area contributed by atoms with Gasteiger partial charge in [-0.25, -0.2) is 0 Å². The summed E-state index contributed by atoms with van der Waals surface area (Å²) in [4.78, 5) is 13.6. The number of ether oxygens (including phenoxy) is 2. The molecular weight excluding hydrogens is 290 g/mol. The molecule has 0 aliphatic heterocycles. The summed E-state index contributed by atoms with van der Waals surface area (Å²) in [6.45, 7) is 5.08. The molecule has 0 aliphatic rings. The molecule has 0 aliphatic carbocycles. The Hall–Kier alpha value is -2.49. The van der Waals surface area contributed by atoms with Crippen molar-refractivity contribution in [3.05, 3.63) is 59.7 Å². The number of hydrogen-bond acceptors (Lipinski definition) is 3. The predicted molar refractivity (Wildman–Crippen MR) is 91.0 cm³/mol. The Kier molecular flexibility index (Phi) is 6.03. The third kappa shape index (κ3) is 5.66. The fourth-order valence-corrected chi connectivity index (χ4v) is 2.21. The zero-order valence-electron chi connectivity index (χ0n) is 13.9. The summed E-state index contributed by atoms with van der Waals surface area (Å²) in [5, 5.41) is 0. The lowest BCUT2D eigenvalue weighted by Gasteiger charge is -2.18. The van der Waals surface area contributed by atoms with Crippen LogP contribution in [-0.2, 0) is 4.79 Å². The largest absolute Gasteiger partial charge is 0.492 e. The van der Waals surface area contributed by atoms with E-state index < -0.39 is 0 Å². The maximum absolute atomic E-state index is 12.0. The second-order valence-corrected chi connectivity index (χ2v) is 5.59. The van der Waals surface area contributed by atoms with E-state index in [2.05, 4.69) is 6.07 Å². The SMILES string of the molecule is Cc1cc(C)cc(OCCN(C)C(=O)COc2ccccc2)c1. The Balaban J connectivity index is 1.73. The molecular formula is C19H23NO3. The molecule has 0 saturated heterocycles. The summed E-state index contributed by atoms with van der Waals surface area (Å²) < 4.78 is 11.2. The molecule has 0 aromatic heterocycles. The van der Waals surface area contributed by atoms with Crippen LogP contribution in [0.2, 0.25) is 0 Å². The molecule has 0 fully saturated rings. The van der Waals surface area contributed by atoms with E-state index in [1.54, 1.807) is 11.9 Å². The van der Waals surface area contributed by atoms with E-state index in [-0.39, 0.29) is 12.5 Å². The van der Waals surface area contributed by atoms with Crippen LogP contribution in [0.1, 0.15) is 11.1 Å². The molecule has 2 rings (SSSR count). The van der Waals surface area contributed by atoms with E-state index in [1.165, 1.54) is 11.1 Å². The second-order valence-electron chi connectivity index (χ2n) is 5.59. The smallest absolute Gasteiger partial charge is 0.260 e. The Bertz CT molecular complexity index is 620. The first-order valence-corrected chi connectivity index (χ1v) is 7.67. The van der Waals surface area contributed by atoms with Gasteiger partial charge in [-0.3, -0.25) is 4.79 Å². The fourth-order valence-electron chi connectivity index (χ4n) is 2.21. The van der Waals surface area contributed by atoms with Crippen molar-refractivity contribution < 1.29 is 14.3 Å². The van der Waals surface area contributed by atoms with Crippen molar-refractivity contribution in [1.29, 1.82) is 0 Å². The van der Waals surface area contributed by atoms with Crippen LogP contribution in [0.4, 0.5) is 0 Å². The number of carbonyl (C=O) groups is 1. The van der Waals surface area contributed by atoms with Gasteiger partial charge in [-0.05, 0) is 49.2 Å². The number of carbonyl (C=O) groups excluding carboxylic acids is 1. The minimum absolute atomic E-state index is 0.0318. The zero-order chi connectivity index (χ0) is 16.7. The van der Waals surface area contributed by atoms with Crippen LogP contribution >= 0.6 is 0 Å². The van der Waals surface area contributed by atoms with Gasteiger partial charge in [0.15, 0.2) is 6.61 Å². The summed E-state index contributed by atoms with van der Waals surface area (Å²) in [5.74, 6) is 1.46. The molecule has 2 aromatic rings. The van der Waals surface area contributed by atoms with E-state index in [9.17, 15) is 4.79 Å². The van der Waals surface area contributed by atoms with Gasteiger partial charge in [0.25, 0.3) is 5.91 Å². The van der Waals surface area contributed by atoms with Crippen LogP contribution in [-0.4, -0.2) is 37.6 Å². The average molecular weight is 313 g/mol. The van der Waals surface area contributed by atoms with Crippen LogP contribution in [0.15, 0.2) is 48.5 Å². The molecule has 0 heterocycles. The Morgan fingerprint density at radius 1 is 0.957 bits per heavy atom. The molecule has 122 valence electrons. The molecule has 0 bridgehead atoms. The maximum atomic E-state index is 12.0. The molecule has 0 radical (unpaired) electrons. The molecule has 23 heavy (non-hydrogen) atoms. The first-order chi connectivity index (χ1) is 11.0. The first-order valence-electron chi connectivity index (χ1n) is 7.67. The molecule has 0 N–H and O–H groups in total. The number of aryl methyl sites for hydroxylation is 2. The summed E-state index contributed by atoms with van der Waals surface area (Å²) in [6, 6.07) is 15.4. The van der Waals surface area contributed by atoms with Crippen molar-refractivity contribution in [3.63, 3.8) is 0 Å². The van der Waals surface area contributed by atoms with Crippen molar-refractivity contribution in [3.8, 4) is 11.5 Å². The number of likely N-dealkylation sites (N-methyl/N-ethyl adjacent to an activating group) is 1. The van der Waals surface area contributed by atoms with Gasteiger partial charge in [0.2, 0.25) is 0 Å². The fraction of sp³-hybridized carbons (Fsp3) is 0.316. The number of hydrogen-bond donors (Lipinski definition) is 0. The predicted octanol–water partition coefficient (Wildman–Crippen LogP) is 3.22. The van der Waals surface area contributed by atoms with Crippen molar-refractivity contribution in [2.75, 3.05) is 26.8 Å². The second kappa shape index (κ2) is 8.22. The van der Waals surface area contributed by atoms with E-state index in [1.807, 2.05) is 56.3 Å². The number of benzene rings is 2. The van der Waals surface area contributed by atoms with Crippen LogP contribution in [0.3, 0.4) is 0 Å². The highest BCUT2D eigenvalue weighted by molar-refractivity contribution is 5.77. The normalized spacial score (nSPS) is 10.2. The van der Waals surface area contributed by atoms with Crippen LogP contribution in [0, 0.1) is 13.8 Å². The summed E-state index contributed by atoms with van der Waals surface area (Å²) in [6.07, 6.45) is 0. The lowest BCUT2D eigenvalue weighted by molar-refractivity contribution is -0.132. The summed E-state index contributed by atoms with van der Waals surface area (Å²) >= 11 is 0. The highest BCUT2D eigenvalue weighted by Crippen LogP contribution is 2.16. The topological polar surface area (TPSA) is 38.8 Å². The van der Waals surface area contributed by atoms with Gasteiger partial charge in [-0.2, -0.15) is 0 Å². The molecule has 0 saturated carbocycles. The third-order valence-electron chi connectivity index (χ3n) is 3.42. The molecule has 0 spiro atoms. The molecule has 2 aromatic carbocycles. The van der Waals surface area contributed by atoms with E-state index in [0.717, 1.165) is 5.75 Å². The summed E-state index contributed by atoms with van der Waals surface area (Å²) in [5.41, 5.74) is 2.33. The molecule has 4 nitrogen and oxygen atoms in total. The van der Waals surface area contributed by atoms with Gasteiger partial charge in [0.1, 0.15) is 18.1 Å². The van der Waals surface area contributed by atoms with Crippen molar-refractivity contribution in [1.82, 2.24) is 4.90 Å². The van der Waals surface area contributed by atoms with Crippen molar-refractivity contribution >= 4 is 5.91 Å². The van der Waals surface area contributed by atoms with Gasteiger partial charge in [0, 0.05) is 7.05 Å². The number of amides is 1. The third-order valence-corrected chi connectivity index (χ3v) is 3.42. The number of nitrogens with zero attached hydrogens (tertiary/aromatic N) is 1. The van der Waals surface area contributed by atoms with Crippen LogP contribution in [0.5, 0.6) is 11.5 Å².